The molecule has 1 aromatic heterocycles. The summed E-state index contributed by atoms with van der Waals surface area (Å²) >= 11 is 0. The molecule has 6 heteroatoms. The highest BCUT2D eigenvalue weighted by Gasteiger charge is 2.23. The van der Waals surface area contributed by atoms with Crippen LogP contribution in [0.5, 0.6) is 0 Å². The molecular weight excluding hydrogens is 294 g/mol. The number of benzene rings is 1. The minimum Gasteiger partial charge on any atom is -0.391 e. The lowest BCUT2D eigenvalue weighted by molar-refractivity contribution is -0.120. The molecule has 0 aliphatic carbocycles. The molecule has 0 bridgehead atoms. The molecule has 2 rings (SSSR count). The summed E-state index contributed by atoms with van der Waals surface area (Å²) in [7, 11) is 0. The lowest BCUT2D eigenvalue weighted by Crippen LogP contribution is -2.39. The molecule has 1 aromatic carbocycles. The van der Waals surface area contributed by atoms with Crippen LogP contribution in [0.4, 0.5) is 5.82 Å². The van der Waals surface area contributed by atoms with Crippen molar-refractivity contribution in [1.82, 2.24) is 5.16 Å². The summed E-state index contributed by atoms with van der Waals surface area (Å²) in [5, 5.41) is 16.6. The maximum atomic E-state index is 12.1. The third-order valence-electron chi connectivity index (χ3n) is 3.73. The summed E-state index contributed by atoms with van der Waals surface area (Å²) in [6.45, 7) is 3.50. The highest BCUT2D eigenvalue weighted by Crippen LogP contribution is 2.15. The van der Waals surface area contributed by atoms with Crippen molar-refractivity contribution in [2.75, 3.05) is 5.32 Å². The minimum absolute atomic E-state index is 0.218. The van der Waals surface area contributed by atoms with Crippen LogP contribution in [0, 0.1) is 12.8 Å². The van der Waals surface area contributed by atoms with Crippen molar-refractivity contribution in [2.24, 2.45) is 11.7 Å². The van der Waals surface area contributed by atoms with Crippen molar-refractivity contribution >= 4 is 11.7 Å². The molecule has 6 nitrogen and oxygen atoms in total. The molecule has 1 amide bonds. The molecule has 4 N–H and O–H groups in total. The van der Waals surface area contributed by atoms with Gasteiger partial charge in [-0.05, 0) is 25.3 Å². The van der Waals surface area contributed by atoms with Gasteiger partial charge >= 0.3 is 0 Å². The van der Waals surface area contributed by atoms with Gasteiger partial charge in [0.25, 0.3) is 0 Å². The number of aromatic nitrogens is 1. The van der Waals surface area contributed by atoms with E-state index in [1.165, 1.54) is 0 Å². The van der Waals surface area contributed by atoms with Crippen molar-refractivity contribution in [2.45, 2.75) is 38.8 Å². The first-order valence-corrected chi connectivity index (χ1v) is 7.67. The van der Waals surface area contributed by atoms with Gasteiger partial charge in [-0.15, -0.1) is 0 Å². The maximum Gasteiger partial charge on any atom is 0.228 e. The molecule has 0 saturated carbocycles. The second-order valence-electron chi connectivity index (χ2n) is 5.87. The van der Waals surface area contributed by atoms with E-state index in [2.05, 4.69) is 10.5 Å². The van der Waals surface area contributed by atoms with Crippen LogP contribution in [0.3, 0.4) is 0 Å². The highest BCUT2D eigenvalue weighted by atomic mass is 16.5. The van der Waals surface area contributed by atoms with Crippen LogP contribution in [-0.2, 0) is 11.2 Å². The van der Waals surface area contributed by atoms with Crippen molar-refractivity contribution in [1.29, 1.82) is 0 Å². The Morgan fingerprint density at radius 1 is 1.39 bits per heavy atom. The van der Waals surface area contributed by atoms with Gasteiger partial charge in [-0.1, -0.05) is 42.4 Å². The minimum atomic E-state index is -0.755. The van der Waals surface area contributed by atoms with E-state index >= 15 is 0 Å². The SMILES string of the molecule is Cc1cc(NC(=O)[C@H](C)C[C@H](O)[C@@H](N)Cc2ccccc2)no1. The first kappa shape index (κ1) is 17.2. The molecule has 0 aliphatic heterocycles. The number of nitrogens with one attached hydrogen (secondary N) is 1. The normalized spacial score (nSPS) is 15.0. The molecule has 0 aliphatic rings. The smallest absolute Gasteiger partial charge is 0.228 e. The van der Waals surface area contributed by atoms with E-state index in [1.54, 1.807) is 19.9 Å². The number of aliphatic hydroxyl groups excluding tert-OH is 1. The number of nitrogens with two attached hydrogens (primary N) is 1. The van der Waals surface area contributed by atoms with E-state index < -0.39 is 12.1 Å². The number of amides is 1. The van der Waals surface area contributed by atoms with Crippen LogP contribution >= 0.6 is 0 Å². The van der Waals surface area contributed by atoms with Gasteiger partial charge in [0.05, 0.1) is 6.10 Å². The fourth-order valence-corrected chi connectivity index (χ4v) is 2.34. The van der Waals surface area contributed by atoms with Gasteiger partial charge in [0.2, 0.25) is 5.91 Å². The fraction of sp³-hybridized carbons (Fsp3) is 0.412. The van der Waals surface area contributed by atoms with Crippen LogP contribution in [0.2, 0.25) is 0 Å². The molecule has 0 radical (unpaired) electrons. The molecule has 124 valence electrons. The number of anilines is 1. The zero-order chi connectivity index (χ0) is 16.8. The molecular formula is C17H23N3O3. The van der Waals surface area contributed by atoms with E-state index in [4.69, 9.17) is 10.3 Å². The van der Waals surface area contributed by atoms with Gasteiger partial charge < -0.3 is 20.7 Å². The van der Waals surface area contributed by atoms with Gasteiger partial charge in [-0.3, -0.25) is 4.79 Å². The molecule has 0 spiro atoms. The average molecular weight is 317 g/mol. The number of rotatable bonds is 7. The number of carbonyl (C=O) groups excluding carboxylic acids is 1. The number of hydrogen-bond donors (Lipinski definition) is 3. The van der Waals surface area contributed by atoms with Crippen molar-refractivity contribution < 1.29 is 14.4 Å². The Hall–Kier alpha value is -2.18. The number of aliphatic hydroxyl groups is 1. The summed E-state index contributed by atoms with van der Waals surface area (Å²) in [4.78, 5) is 12.1. The lowest BCUT2D eigenvalue weighted by Gasteiger charge is -2.21. The van der Waals surface area contributed by atoms with Crippen LogP contribution in [0.1, 0.15) is 24.7 Å². The summed E-state index contributed by atoms with van der Waals surface area (Å²) in [6.07, 6.45) is 0.102. The molecule has 1 heterocycles. The van der Waals surface area contributed by atoms with E-state index in [0.717, 1.165) is 5.56 Å². The Labute approximate surface area is 135 Å². The van der Waals surface area contributed by atoms with E-state index in [9.17, 15) is 9.90 Å². The number of aryl methyl sites for hydroxylation is 1. The molecule has 2 aromatic rings. The molecule has 3 atom stereocenters. The average Bonchev–Trinajstić information content (AvgIpc) is 2.93. The van der Waals surface area contributed by atoms with Gasteiger partial charge in [-0.25, -0.2) is 0 Å². The quantitative estimate of drug-likeness (QED) is 0.724. The third kappa shape index (κ3) is 5.19. The lowest BCUT2D eigenvalue weighted by atomic mass is 9.94. The van der Waals surface area contributed by atoms with Crippen LogP contribution in [0.25, 0.3) is 0 Å². The number of carbonyl (C=O) groups is 1. The van der Waals surface area contributed by atoms with Crippen molar-refractivity contribution in [3.8, 4) is 0 Å². The van der Waals surface area contributed by atoms with Crippen LogP contribution in [0.15, 0.2) is 40.9 Å². The second kappa shape index (κ2) is 7.89. The predicted octanol–water partition coefficient (Wildman–Crippen LogP) is 1.88. The van der Waals surface area contributed by atoms with Crippen LogP contribution < -0.4 is 11.1 Å². The summed E-state index contributed by atoms with van der Waals surface area (Å²) in [5.74, 6) is 0.397. The molecule has 0 fully saturated rings. The highest BCUT2D eigenvalue weighted by molar-refractivity contribution is 5.91. The van der Waals surface area contributed by atoms with Crippen molar-refractivity contribution in [3.05, 3.63) is 47.7 Å². The zero-order valence-electron chi connectivity index (χ0n) is 13.4. The van der Waals surface area contributed by atoms with E-state index in [0.29, 0.717) is 18.0 Å². The Morgan fingerprint density at radius 2 is 2.09 bits per heavy atom. The Balaban J connectivity index is 1.83. The van der Waals surface area contributed by atoms with Crippen molar-refractivity contribution in [3.63, 3.8) is 0 Å². The zero-order valence-corrected chi connectivity index (χ0v) is 13.4. The summed E-state index contributed by atoms with van der Waals surface area (Å²) < 4.78 is 4.90. The second-order valence-corrected chi connectivity index (χ2v) is 5.87. The summed E-state index contributed by atoms with van der Waals surface area (Å²) in [6, 6.07) is 11.0. The largest absolute Gasteiger partial charge is 0.391 e. The topological polar surface area (TPSA) is 101 Å². The number of hydrogen-bond acceptors (Lipinski definition) is 5. The first-order chi connectivity index (χ1) is 11.0. The van der Waals surface area contributed by atoms with E-state index in [1.807, 2.05) is 30.3 Å². The molecule has 23 heavy (non-hydrogen) atoms. The van der Waals surface area contributed by atoms with Gasteiger partial charge in [0, 0.05) is 18.0 Å². The van der Waals surface area contributed by atoms with Crippen LogP contribution in [-0.4, -0.2) is 28.3 Å². The Kier molecular flexibility index (Phi) is 5.90. The standard InChI is InChI=1S/C17H23N3O3/c1-11(17(22)19-16-9-12(2)23-20-16)8-15(21)14(18)10-13-6-4-3-5-7-13/h3-7,9,11,14-15,21H,8,10,18H2,1-2H3,(H,19,20,22)/t11-,14+,15+/m1/s1. The molecule has 0 unspecified atom stereocenters. The Morgan fingerprint density at radius 3 is 2.70 bits per heavy atom. The van der Waals surface area contributed by atoms with Gasteiger partial charge in [-0.2, -0.15) is 0 Å². The predicted molar refractivity (Wildman–Crippen MR) is 87.8 cm³/mol. The monoisotopic (exact) mass is 317 g/mol. The summed E-state index contributed by atoms with van der Waals surface area (Å²) in [5.41, 5.74) is 7.11. The number of nitrogens with zero attached hydrogens (tertiary/aromatic N) is 1. The fourth-order valence-electron chi connectivity index (χ4n) is 2.34. The van der Waals surface area contributed by atoms with Gasteiger partial charge in [0.15, 0.2) is 5.82 Å². The molecule has 0 saturated heterocycles. The first-order valence-electron chi connectivity index (χ1n) is 7.67. The van der Waals surface area contributed by atoms with E-state index in [-0.39, 0.29) is 18.2 Å². The maximum absolute atomic E-state index is 12.1. The van der Waals surface area contributed by atoms with Gasteiger partial charge in [0.1, 0.15) is 5.76 Å². The third-order valence-corrected chi connectivity index (χ3v) is 3.73. The Bertz CT molecular complexity index is 627.